The fourth-order valence-corrected chi connectivity index (χ4v) is 6.50. The Labute approximate surface area is 189 Å². The van der Waals surface area contributed by atoms with Crippen molar-refractivity contribution >= 4 is 17.5 Å². The van der Waals surface area contributed by atoms with Crippen molar-refractivity contribution in [2.75, 3.05) is 18.6 Å². The molecule has 3 saturated heterocycles. The average Bonchev–Trinajstić information content (AvgIpc) is 3.34. The normalized spacial score (nSPS) is 34.6. The molecule has 4 atom stereocenters. The average molecular weight is 440 g/mol. The summed E-state index contributed by atoms with van der Waals surface area (Å²) in [7, 11) is 1.62. The summed E-state index contributed by atoms with van der Waals surface area (Å²) in [5.74, 6) is -0.386. The molecule has 4 aliphatic heterocycles. The molecule has 7 nitrogen and oxygen atoms in total. The van der Waals surface area contributed by atoms with Gasteiger partial charge in [0.15, 0.2) is 0 Å². The molecule has 0 aliphatic carbocycles. The lowest BCUT2D eigenvalue weighted by molar-refractivity contribution is -0.132. The van der Waals surface area contributed by atoms with Crippen molar-refractivity contribution in [3.05, 3.63) is 36.4 Å². The summed E-state index contributed by atoms with van der Waals surface area (Å²) in [6, 6.07) is 7.49. The molecular weight excluding hydrogens is 406 g/mol. The molecule has 1 aromatic rings. The van der Waals surface area contributed by atoms with Gasteiger partial charge in [0.25, 0.3) is 0 Å². The van der Waals surface area contributed by atoms with E-state index in [1.165, 1.54) is 0 Å². The fraction of sp³-hybridized carbons (Fsp3) is 0.600. The van der Waals surface area contributed by atoms with E-state index in [0.717, 1.165) is 24.3 Å². The van der Waals surface area contributed by atoms with Gasteiger partial charge in [-0.3, -0.25) is 9.59 Å². The van der Waals surface area contributed by atoms with E-state index in [0.29, 0.717) is 6.54 Å². The van der Waals surface area contributed by atoms with Gasteiger partial charge in [0.2, 0.25) is 11.8 Å². The zero-order valence-electron chi connectivity index (χ0n) is 19.5. The van der Waals surface area contributed by atoms with Gasteiger partial charge in [-0.25, -0.2) is 0 Å². The minimum Gasteiger partial charge on any atom is -0.497 e. The largest absolute Gasteiger partial charge is 0.497 e. The lowest BCUT2D eigenvalue weighted by atomic mass is 9.75. The van der Waals surface area contributed by atoms with Crippen molar-refractivity contribution in [1.82, 2.24) is 10.6 Å². The van der Waals surface area contributed by atoms with E-state index in [4.69, 9.17) is 9.47 Å². The number of amides is 2. The SMILES string of the molecule is COc1ccc(N2C[C@@]34C=CC(O3)C(C(=O)NC3CC(C)(C)NC(C)(C)C3)C4C2=O)cc1. The number of hydrogen-bond acceptors (Lipinski definition) is 5. The van der Waals surface area contributed by atoms with Crippen LogP contribution in [0.2, 0.25) is 0 Å². The maximum Gasteiger partial charge on any atom is 0.234 e. The van der Waals surface area contributed by atoms with E-state index < -0.39 is 17.4 Å². The van der Waals surface area contributed by atoms with E-state index in [-0.39, 0.29) is 35.0 Å². The Morgan fingerprint density at radius 2 is 1.81 bits per heavy atom. The second-order valence-electron chi connectivity index (χ2n) is 11.0. The number of anilines is 1. The molecule has 172 valence electrons. The van der Waals surface area contributed by atoms with Crippen LogP contribution < -0.4 is 20.3 Å². The highest BCUT2D eigenvalue weighted by Gasteiger charge is 2.67. The van der Waals surface area contributed by atoms with Crippen LogP contribution in [0.25, 0.3) is 0 Å². The Balaban J connectivity index is 1.36. The van der Waals surface area contributed by atoms with E-state index in [9.17, 15) is 9.59 Å². The van der Waals surface area contributed by atoms with Gasteiger partial charge < -0.3 is 25.0 Å². The van der Waals surface area contributed by atoms with Crippen molar-refractivity contribution < 1.29 is 19.1 Å². The van der Waals surface area contributed by atoms with Crippen LogP contribution in [0.3, 0.4) is 0 Å². The smallest absolute Gasteiger partial charge is 0.234 e. The van der Waals surface area contributed by atoms with Crippen LogP contribution in [0.1, 0.15) is 40.5 Å². The summed E-state index contributed by atoms with van der Waals surface area (Å²) in [6.45, 7) is 9.09. The van der Waals surface area contributed by atoms with Gasteiger partial charge in [0, 0.05) is 22.8 Å². The second-order valence-corrected chi connectivity index (χ2v) is 11.0. The van der Waals surface area contributed by atoms with Crippen LogP contribution >= 0.6 is 0 Å². The predicted molar refractivity (Wildman–Crippen MR) is 122 cm³/mol. The maximum absolute atomic E-state index is 13.5. The molecule has 32 heavy (non-hydrogen) atoms. The number of carbonyl (C=O) groups excluding carboxylic acids is 2. The quantitative estimate of drug-likeness (QED) is 0.705. The molecule has 0 aromatic heterocycles. The van der Waals surface area contributed by atoms with Crippen molar-refractivity contribution in [1.29, 1.82) is 0 Å². The number of ether oxygens (including phenoxy) is 2. The molecule has 2 N–H and O–H groups in total. The topological polar surface area (TPSA) is 79.9 Å². The molecule has 3 unspecified atom stereocenters. The Morgan fingerprint density at radius 1 is 1.16 bits per heavy atom. The number of piperidine rings is 1. The number of carbonyl (C=O) groups is 2. The first-order valence-electron chi connectivity index (χ1n) is 11.4. The molecule has 4 aliphatic rings. The monoisotopic (exact) mass is 439 g/mol. The van der Waals surface area contributed by atoms with Crippen molar-refractivity contribution in [2.24, 2.45) is 11.8 Å². The number of methoxy groups -OCH3 is 1. The highest BCUT2D eigenvalue weighted by atomic mass is 16.5. The van der Waals surface area contributed by atoms with Crippen molar-refractivity contribution in [2.45, 2.75) is 69.4 Å². The van der Waals surface area contributed by atoms with Gasteiger partial charge in [-0.2, -0.15) is 0 Å². The summed E-state index contributed by atoms with van der Waals surface area (Å²) in [6.07, 6.45) is 5.30. The molecule has 4 heterocycles. The summed E-state index contributed by atoms with van der Waals surface area (Å²) >= 11 is 0. The van der Waals surface area contributed by atoms with Gasteiger partial charge in [0.05, 0.1) is 31.6 Å². The third-order valence-corrected chi connectivity index (χ3v) is 7.32. The number of rotatable bonds is 4. The zero-order valence-corrected chi connectivity index (χ0v) is 19.5. The first kappa shape index (κ1) is 21.5. The number of fused-ring (bicyclic) bond motifs is 1. The van der Waals surface area contributed by atoms with Crippen LogP contribution in [0.5, 0.6) is 5.75 Å². The summed E-state index contributed by atoms with van der Waals surface area (Å²) < 4.78 is 11.5. The number of benzene rings is 1. The van der Waals surface area contributed by atoms with Crippen molar-refractivity contribution in [3.8, 4) is 5.75 Å². The van der Waals surface area contributed by atoms with E-state index in [2.05, 4.69) is 38.3 Å². The third-order valence-electron chi connectivity index (χ3n) is 7.32. The van der Waals surface area contributed by atoms with Crippen LogP contribution in [0.15, 0.2) is 36.4 Å². The summed E-state index contributed by atoms with van der Waals surface area (Å²) in [5, 5.41) is 6.93. The van der Waals surface area contributed by atoms with E-state index >= 15 is 0 Å². The first-order valence-corrected chi connectivity index (χ1v) is 11.4. The molecule has 3 fully saturated rings. The van der Waals surface area contributed by atoms with Crippen LogP contribution in [-0.4, -0.2) is 54.3 Å². The summed E-state index contributed by atoms with van der Waals surface area (Å²) in [5.41, 5.74) is -0.0714. The van der Waals surface area contributed by atoms with E-state index in [1.807, 2.05) is 36.4 Å². The number of hydrogen-bond donors (Lipinski definition) is 2. The lowest BCUT2D eigenvalue weighted by Gasteiger charge is -2.47. The maximum atomic E-state index is 13.5. The molecule has 1 spiro atoms. The molecule has 1 aromatic carbocycles. The van der Waals surface area contributed by atoms with Crippen molar-refractivity contribution in [3.63, 3.8) is 0 Å². The molecule has 2 amide bonds. The molecule has 7 heteroatoms. The molecule has 0 radical (unpaired) electrons. The standard InChI is InChI=1S/C25H33N3O4/c1-23(2)12-15(13-24(3,4)27-23)26-21(29)19-18-10-11-25(32-18)14-28(22(30)20(19)25)16-6-8-17(31-5)9-7-16/h6-11,15,18-20,27H,12-14H2,1-5H3,(H,26,29)/t18?,19?,20?,25-/m1/s1. The van der Waals surface area contributed by atoms with Crippen LogP contribution in [0.4, 0.5) is 5.69 Å². The fourth-order valence-electron chi connectivity index (χ4n) is 6.50. The molecule has 0 saturated carbocycles. The Morgan fingerprint density at radius 3 is 2.44 bits per heavy atom. The van der Waals surface area contributed by atoms with Crippen LogP contribution in [-0.2, 0) is 14.3 Å². The van der Waals surface area contributed by atoms with Gasteiger partial charge in [0.1, 0.15) is 11.4 Å². The minimum absolute atomic E-state index is 0.0480. The molecule has 5 rings (SSSR count). The highest BCUT2D eigenvalue weighted by molar-refractivity contribution is 6.03. The molecular formula is C25H33N3O4. The van der Waals surface area contributed by atoms with Gasteiger partial charge in [-0.05, 0) is 64.8 Å². The molecule has 2 bridgehead atoms. The van der Waals surface area contributed by atoms with E-state index in [1.54, 1.807) is 12.0 Å². The number of nitrogens with one attached hydrogen (secondary N) is 2. The Kier molecular flexibility index (Phi) is 4.73. The number of nitrogens with zero attached hydrogens (tertiary/aromatic N) is 1. The summed E-state index contributed by atoms with van der Waals surface area (Å²) in [4.78, 5) is 28.8. The Hall–Kier alpha value is -2.38. The zero-order chi connectivity index (χ0) is 22.9. The first-order chi connectivity index (χ1) is 15.0. The third kappa shape index (κ3) is 3.42. The highest BCUT2D eigenvalue weighted by Crippen LogP contribution is 2.52. The predicted octanol–water partition coefficient (Wildman–Crippen LogP) is 2.41. The van der Waals surface area contributed by atoms with Gasteiger partial charge in [-0.1, -0.05) is 12.2 Å². The van der Waals surface area contributed by atoms with Gasteiger partial charge >= 0.3 is 0 Å². The van der Waals surface area contributed by atoms with Gasteiger partial charge in [-0.15, -0.1) is 0 Å². The Bertz CT molecular complexity index is 954. The second kappa shape index (κ2) is 7.06. The van der Waals surface area contributed by atoms with Crippen LogP contribution in [0, 0.1) is 11.8 Å². The minimum atomic E-state index is -0.726. The lowest BCUT2D eigenvalue weighted by Crippen LogP contribution is -2.62.